The van der Waals surface area contributed by atoms with Gasteiger partial charge in [0, 0.05) is 25.2 Å². The van der Waals surface area contributed by atoms with Crippen molar-refractivity contribution < 1.29 is 57.4 Å². The minimum atomic E-state index is -1.48. The largest absolute Gasteiger partial charge is 0.445 e. The fraction of sp³-hybridized carbons (Fsp3) is 0.714. The van der Waals surface area contributed by atoms with Crippen LogP contribution in [-0.2, 0) is 54.4 Å². The van der Waals surface area contributed by atoms with E-state index in [2.05, 4.69) is 48.1 Å². The van der Waals surface area contributed by atoms with Gasteiger partial charge in [0.2, 0.25) is 35.4 Å². The Labute approximate surface area is 468 Å². The van der Waals surface area contributed by atoms with Gasteiger partial charge in [0.05, 0.1) is 6.54 Å². The van der Waals surface area contributed by atoms with Crippen LogP contribution < -0.4 is 53.8 Å². The number of ether oxygens (including phenoxy) is 2. The zero-order valence-electron chi connectivity index (χ0n) is 49.1. The lowest BCUT2D eigenvalue weighted by molar-refractivity contribution is -0.143. The van der Waals surface area contributed by atoms with Gasteiger partial charge in [-0.2, -0.15) is 0 Å². The van der Waals surface area contributed by atoms with Gasteiger partial charge < -0.3 is 52.0 Å². The van der Waals surface area contributed by atoms with E-state index in [0.29, 0.717) is 50.0 Å². The van der Waals surface area contributed by atoms with E-state index < -0.39 is 89.5 Å². The van der Waals surface area contributed by atoms with Gasteiger partial charge in [-0.05, 0) is 146 Å². The number of benzene rings is 1. The first-order valence-corrected chi connectivity index (χ1v) is 28.1. The maximum atomic E-state index is 14.5. The van der Waals surface area contributed by atoms with E-state index in [-0.39, 0.29) is 93.6 Å². The van der Waals surface area contributed by atoms with Crippen LogP contribution in [0.15, 0.2) is 24.3 Å². The third-order valence-electron chi connectivity index (χ3n) is 12.7. The van der Waals surface area contributed by atoms with Crippen molar-refractivity contribution in [1.82, 2.24) is 47.7 Å². The Balaban J connectivity index is 2.21. The SMILES string of the molecule is CC(=O)[C@]1(C(=O)N[C@@H](CC(C)C)C(=O)N(CCCCNC(=O)OC(C)(C)C)CC(=O)N[C@@H](CC(C)C)C(=O)N[C@@H](CC(C)C)C(=O)Nc2ccc(COC(=O)N[C@H](CC(C)C)C(=O)NNC(=O)CCCCCN)cc2)CCCN1. The van der Waals surface area contributed by atoms with Gasteiger partial charge in [-0.3, -0.25) is 54.5 Å². The minimum absolute atomic E-state index is 0.0211. The van der Waals surface area contributed by atoms with Gasteiger partial charge in [-0.15, -0.1) is 0 Å². The Hall–Kier alpha value is -6.36. The third kappa shape index (κ3) is 26.9. The van der Waals surface area contributed by atoms with E-state index in [0.717, 1.165) is 12.8 Å². The molecule has 2 rings (SSSR count). The molecule has 1 heterocycles. The molecule has 0 aromatic heterocycles. The second-order valence-electron chi connectivity index (χ2n) is 23.2. The van der Waals surface area contributed by atoms with Crippen molar-refractivity contribution in [3.05, 3.63) is 29.8 Å². The fourth-order valence-electron chi connectivity index (χ4n) is 8.72. The molecule has 23 heteroatoms. The first-order valence-electron chi connectivity index (χ1n) is 28.1. The van der Waals surface area contributed by atoms with Crippen molar-refractivity contribution in [2.75, 3.05) is 38.0 Å². The molecular weight excluding hydrogens is 1020 g/mol. The standard InChI is InChI=1S/C56H95N11O12/c1-35(2)29-42(61-47(70)33-67(28-17-16-26-58-53(76)79-55(10,11)12)51(74)45(32-38(7)8)63-52(75)56(39(9)68)24-18-27-59-56)49(72)62-43(30-36(3)4)48(71)60-41-22-20-40(21-23-41)34-78-54(77)64-44(31-37(5)6)50(73)66-65-46(69)19-14-13-15-25-57/h20-23,35-38,42-45,59H,13-19,24-34,57H2,1-12H3,(H,58,76)(H,60,71)(H,61,70)(H,62,72)(H,63,75)(H,64,77)(H,65,69)(H,66,73)/t42-,43-,44+,45-,56-/m0/s1. The second-order valence-corrected chi connectivity index (χ2v) is 23.2. The molecule has 0 aliphatic carbocycles. The number of carbonyl (C=O) groups is 10. The number of ketones is 1. The summed E-state index contributed by atoms with van der Waals surface area (Å²) < 4.78 is 10.7. The number of hydrogen-bond donors (Lipinski definition) is 10. The van der Waals surface area contributed by atoms with Crippen LogP contribution in [0.2, 0.25) is 0 Å². The average Bonchev–Trinajstić information content (AvgIpc) is 3.86. The molecule has 5 atom stereocenters. The van der Waals surface area contributed by atoms with Crippen LogP contribution in [-0.4, -0.2) is 132 Å². The lowest BCUT2D eigenvalue weighted by Crippen LogP contribution is -2.62. The van der Waals surface area contributed by atoms with E-state index >= 15 is 0 Å². The lowest BCUT2D eigenvalue weighted by atomic mass is 9.90. The van der Waals surface area contributed by atoms with Gasteiger partial charge in [-0.25, -0.2) is 9.59 Å². The number of anilines is 1. The van der Waals surface area contributed by atoms with Crippen molar-refractivity contribution in [2.45, 2.75) is 202 Å². The highest BCUT2D eigenvalue weighted by molar-refractivity contribution is 6.11. The van der Waals surface area contributed by atoms with E-state index in [1.807, 2.05) is 55.4 Å². The summed E-state index contributed by atoms with van der Waals surface area (Å²) in [6.45, 7) is 22.2. The molecule has 446 valence electrons. The van der Waals surface area contributed by atoms with Crippen LogP contribution in [0.25, 0.3) is 0 Å². The van der Waals surface area contributed by atoms with Crippen LogP contribution in [0.4, 0.5) is 15.3 Å². The highest BCUT2D eigenvalue weighted by Gasteiger charge is 2.47. The first kappa shape index (κ1) is 68.7. The van der Waals surface area contributed by atoms with E-state index in [4.69, 9.17) is 15.2 Å². The molecular formula is C56H95N11O12. The molecule has 23 nitrogen and oxygen atoms in total. The molecule has 1 aromatic carbocycles. The molecule has 1 aliphatic rings. The van der Waals surface area contributed by atoms with Crippen LogP contribution >= 0.6 is 0 Å². The number of hydrazine groups is 1. The number of rotatable bonds is 33. The molecule has 1 saturated heterocycles. The summed E-state index contributed by atoms with van der Waals surface area (Å²) in [5.41, 5.74) is 9.02. The third-order valence-corrected chi connectivity index (χ3v) is 12.7. The zero-order valence-corrected chi connectivity index (χ0v) is 49.1. The monoisotopic (exact) mass is 1110 g/mol. The maximum absolute atomic E-state index is 14.5. The second kappa shape index (κ2) is 34.6. The number of unbranched alkanes of at least 4 members (excludes halogenated alkanes) is 3. The van der Waals surface area contributed by atoms with Gasteiger partial charge in [0.1, 0.15) is 36.4 Å². The summed E-state index contributed by atoms with van der Waals surface area (Å²) in [6, 6.07) is 2.25. The summed E-state index contributed by atoms with van der Waals surface area (Å²) in [4.78, 5) is 135. The molecule has 0 bridgehead atoms. The van der Waals surface area contributed by atoms with Gasteiger partial charge in [0.25, 0.3) is 5.91 Å². The van der Waals surface area contributed by atoms with Crippen molar-refractivity contribution >= 4 is 65.0 Å². The minimum Gasteiger partial charge on any atom is -0.445 e. The summed E-state index contributed by atoms with van der Waals surface area (Å²) in [5, 5.41) is 19.6. The number of nitrogens with two attached hydrogens (primary N) is 1. The number of Topliss-reactive ketones (excluding diaryl/α,β-unsaturated/α-hetero) is 1. The highest BCUT2D eigenvalue weighted by Crippen LogP contribution is 2.23. The zero-order chi connectivity index (χ0) is 59.5. The number of carbonyl (C=O) groups excluding carboxylic acids is 10. The predicted molar refractivity (Wildman–Crippen MR) is 300 cm³/mol. The number of hydrogen-bond acceptors (Lipinski definition) is 14. The normalized spacial score (nSPS) is 15.8. The molecule has 11 N–H and O–H groups in total. The van der Waals surface area contributed by atoms with Crippen molar-refractivity contribution in [1.29, 1.82) is 0 Å². The van der Waals surface area contributed by atoms with Crippen LogP contribution in [0.5, 0.6) is 0 Å². The van der Waals surface area contributed by atoms with E-state index in [9.17, 15) is 47.9 Å². The van der Waals surface area contributed by atoms with Crippen LogP contribution in [0.1, 0.15) is 166 Å². The van der Waals surface area contributed by atoms with Crippen molar-refractivity contribution in [3.8, 4) is 0 Å². The Morgan fingerprint density at radius 2 is 1.24 bits per heavy atom. The molecule has 0 saturated carbocycles. The lowest BCUT2D eigenvalue weighted by Gasteiger charge is -2.32. The molecule has 1 fully saturated rings. The summed E-state index contributed by atoms with van der Waals surface area (Å²) in [6.07, 6.45) is 3.49. The highest BCUT2D eigenvalue weighted by atomic mass is 16.6. The molecule has 1 aliphatic heterocycles. The van der Waals surface area contributed by atoms with Gasteiger partial charge >= 0.3 is 12.2 Å². The Kier molecular flexibility index (Phi) is 30.1. The number of alkyl carbamates (subject to hydrolysis) is 2. The van der Waals surface area contributed by atoms with Crippen LogP contribution in [0.3, 0.4) is 0 Å². The Morgan fingerprint density at radius 3 is 1.78 bits per heavy atom. The maximum Gasteiger partial charge on any atom is 0.408 e. The van der Waals surface area contributed by atoms with E-state index in [1.54, 1.807) is 45.0 Å². The molecule has 0 unspecified atom stereocenters. The molecule has 0 radical (unpaired) electrons. The van der Waals surface area contributed by atoms with Crippen LogP contribution in [0, 0.1) is 23.7 Å². The van der Waals surface area contributed by atoms with Crippen molar-refractivity contribution in [3.63, 3.8) is 0 Å². The molecule has 79 heavy (non-hydrogen) atoms. The van der Waals surface area contributed by atoms with Gasteiger partial charge in [-0.1, -0.05) is 73.9 Å². The van der Waals surface area contributed by atoms with E-state index in [1.165, 1.54) is 11.8 Å². The molecule has 0 spiro atoms. The smallest absolute Gasteiger partial charge is 0.408 e. The number of nitrogens with one attached hydrogen (secondary N) is 9. The molecule has 9 amide bonds. The number of amides is 9. The summed E-state index contributed by atoms with van der Waals surface area (Å²) in [7, 11) is 0. The predicted octanol–water partition coefficient (Wildman–Crippen LogP) is 4.37. The van der Waals surface area contributed by atoms with Crippen molar-refractivity contribution in [2.24, 2.45) is 29.4 Å². The first-order chi connectivity index (χ1) is 37.0. The Morgan fingerprint density at radius 1 is 0.658 bits per heavy atom. The Bertz CT molecular complexity index is 2160. The average molecular weight is 1110 g/mol. The number of nitrogens with zero attached hydrogens (tertiary/aromatic N) is 1. The topological polar surface area (TPSA) is 327 Å². The summed E-state index contributed by atoms with van der Waals surface area (Å²) >= 11 is 0. The summed E-state index contributed by atoms with van der Waals surface area (Å²) in [5.74, 6) is -4.50. The van der Waals surface area contributed by atoms with Gasteiger partial charge in [0.15, 0.2) is 11.3 Å². The molecule has 1 aromatic rings. The fourth-order valence-corrected chi connectivity index (χ4v) is 8.72. The quantitative estimate of drug-likeness (QED) is 0.0266.